The predicted molar refractivity (Wildman–Crippen MR) is 91.2 cm³/mol. The summed E-state index contributed by atoms with van der Waals surface area (Å²) in [5.74, 6) is -0.735. The van der Waals surface area contributed by atoms with E-state index in [0.29, 0.717) is 12.3 Å². The standard InChI is InChI=1S/C18H17N3O4/c1-25-13-8-6-12(7-9-13)10-19-16(22)11-21-17(23)14-4-2-3-5-15(14)20-18(21)24/h2-9,14H,10-11H2,1H3,(H,19,22). The SMILES string of the molecule is COc1ccc(CNC(=O)CN2C(=O)N=C3C=CC=CC3C2=O)cc1. The van der Waals surface area contributed by atoms with Crippen LogP contribution in [0.4, 0.5) is 4.79 Å². The van der Waals surface area contributed by atoms with Crippen LogP contribution in [0.3, 0.4) is 0 Å². The minimum absolute atomic E-state index is 0.291. The topological polar surface area (TPSA) is 88.1 Å². The fourth-order valence-corrected chi connectivity index (χ4v) is 2.57. The third-order valence-corrected chi connectivity index (χ3v) is 3.94. The number of rotatable bonds is 5. The van der Waals surface area contributed by atoms with Gasteiger partial charge in [0.15, 0.2) is 0 Å². The first-order chi connectivity index (χ1) is 12.1. The number of aliphatic imine (C=N–C) groups is 1. The Morgan fingerprint density at radius 3 is 2.72 bits per heavy atom. The number of carbonyl (C=O) groups excluding carboxylic acids is 3. The van der Waals surface area contributed by atoms with Gasteiger partial charge < -0.3 is 10.1 Å². The van der Waals surface area contributed by atoms with Gasteiger partial charge >= 0.3 is 6.03 Å². The summed E-state index contributed by atoms with van der Waals surface area (Å²) in [5, 5.41) is 2.69. The Kier molecular flexibility index (Phi) is 4.74. The number of carbonyl (C=O) groups is 3. The zero-order valence-corrected chi connectivity index (χ0v) is 13.6. The second-order valence-corrected chi connectivity index (χ2v) is 5.59. The molecule has 1 aliphatic carbocycles. The van der Waals surface area contributed by atoms with Gasteiger partial charge in [0, 0.05) is 6.54 Å². The van der Waals surface area contributed by atoms with E-state index in [1.165, 1.54) is 0 Å². The van der Waals surface area contributed by atoms with Crippen LogP contribution >= 0.6 is 0 Å². The first-order valence-electron chi connectivity index (χ1n) is 7.77. The predicted octanol–water partition coefficient (Wildman–Crippen LogP) is 1.46. The van der Waals surface area contributed by atoms with E-state index in [9.17, 15) is 14.4 Å². The molecule has 1 aromatic rings. The first kappa shape index (κ1) is 16.6. The minimum atomic E-state index is -0.712. The number of benzene rings is 1. The van der Waals surface area contributed by atoms with Crippen molar-refractivity contribution >= 4 is 23.6 Å². The number of allylic oxidation sites excluding steroid dienone is 3. The summed E-state index contributed by atoms with van der Waals surface area (Å²) in [6.45, 7) is -0.0573. The van der Waals surface area contributed by atoms with Gasteiger partial charge in [-0.25, -0.2) is 4.79 Å². The fourth-order valence-electron chi connectivity index (χ4n) is 2.57. The maximum atomic E-state index is 12.4. The summed E-state index contributed by atoms with van der Waals surface area (Å²) in [7, 11) is 1.58. The van der Waals surface area contributed by atoms with Crippen molar-refractivity contribution in [1.29, 1.82) is 0 Å². The lowest BCUT2D eigenvalue weighted by atomic mass is 9.95. The van der Waals surface area contributed by atoms with Crippen molar-refractivity contribution in [1.82, 2.24) is 10.2 Å². The van der Waals surface area contributed by atoms with E-state index >= 15 is 0 Å². The van der Waals surface area contributed by atoms with E-state index in [2.05, 4.69) is 10.3 Å². The number of fused-ring (bicyclic) bond motifs is 1. The van der Waals surface area contributed by atoms with E-state index in [-0.39, 0.29) is 6.54 Å². The zero-order chi connectivity index (χ0) is 17.8. The number of ether oxygens (including phenoxy) is 1. The zero-order valence-electron chi connectivity index (χ0n) is 13.6. The summed E-state index contributed by atoms with van der Waals surface area (Å²) in [5.41, 5.74) is 1.29. The average molecular weight is 339 g/mol. The number of hydrogen-bond acceptors (Lipinski definition) is 4. The van der Waals surface area contributed by atoms with E-state index in [4.69, 9.17) is 4.74 Å². The number of methoxy groups -OCH3 is 1. The highest BCUT2D eigenvalue weighted by Gasteiger charge is 2.36. The molecular weight excluding hydrogens is 322 g/mol. The molecule has 3 rings (SSSR count). The summed E-state index contributed by atoms with van der Waals surface area (Å²) >= 11 is 0. The van der Waals surface area contributed by atoms with Gasteiger partial charge in [0.25, 0.3) is 0 Å². The van der Waals surface area contributed by atoms with Crippen molar-refractivity contribution in [2.45, 2.75) is 6.54 Å². The van der Waals surface area contributed by atoms with Crippen LogP contribution in [0.25, 0.3) is 0 Å². The monoisotopic (exact) mass is 339 g/mol. The molecule has 7 heteroatoms. The molecule has 0 saturated carbocycles. The van der Waals surface area contributed by atoms with Crippen LogP contribution in [0.1, 0.15) is 5.56 Å². The number of hydrogen-bond donors (Lipinski definition) is 1. The van der Waals surface area contributed by atoms with Crippen LogP contribution in [-0.4, -0.2) is 42.1 Å². The first-order valence-corrected chi connectivity index (χ1v) is 7.77. The Morgan fingerprint density at radius 1 is 1.24 bits per heavy atom. The third kappa shape index (κ3) is 3.65. The van der Waals surface area contributed by atoms with Gasteiger partial charge in [0.2, 0.25) is 11.8 Å². The lowest BCUT2D eigenvalue weighted by Gasteiger charge is -2.27. The smallest absolute Gasteiger partial charge is 0.351 e. The van der Waals surface area contributed by atoms with Crippen LogP contribution in [0, 0.1) is 5.92 Å². The quantitative estimate of drug-likeness (QED) is 0.879. The van der Waals surface area contributed by atoms with Crippen molar-refractivity contribution in [3.63, 3.8) is 0 Å². The minimum Gasteiger partial charge on any atom is -0.497 e. The lowest BCUT2D eigenvalue weighted by molar-refractivity contribution is -0.134. The van der Waals surface area contributed by atoms with E-state index in [1.54, 1.807) is 43.5 Å². The Hall–Kier alpha value is -3.22. The van der Waals surface area contributed by atoms with Crippen molar-refractivity contribution in [2.75, 3.05) is 13.7 Å². The molecule has 2 aliphatic rings. The van der Waals surface area contributed by atoms with Crippen LogP contribution in [-0.2, 0) is 16.1 Å². The molecule has 25 heavy (non-hydrogen) atoms. The van der Waals surface area contributed by atoms with Gasteiger partial charge in [0.1, 0.15) is 12.3 Å². The molecule has 0 bridgehead atoms. The van der Waals surface area contributed by atoms with Crippen LogP contribution < -0.4 is 10.1 Å². The van der Waals surface area contributed by atoms with E-state index in [0.717, 1.165) is 16.2 Å². The van der Waals surface area contributed by atoms with Gasteiger partial charge in [-0.3, -0.25) is 14.5 Å². The molecule has 0 saturated heterocycles. The van der Waals surface area contributed by atoms with Crippen molar-refractivity contribution in [3.05, 3.63) is 54.1 Å². The molecule has 0 aromatic heterocycles. The number of nitrogens with zero attached hydrogens (tertiary/aromatic N) is 2. The van der Waals surface area contributed by atoms with Crippen LogP contribution in [0.15, 0.2) is 53.6 Å². The summed E-state index contributed by atoms with van der Waals surface area (Å²) in [4.78, 5) is 41.3. The van der Waals surface area contributed by atoms with Gasteiger partial charge in [-0.1, -0.05) is 30.4 Å². The summed E-state index contributed by atoms with van der Waals surface area (Å²) in [6, 6.07) is 6.52. The molecular formula is C18H17N3O4. The highest BCUT2D eigenvalue weighted by molar-refractivity contribution is 6.22. The van der Waals surface area contributed by atoms with Crippen LogP contribution in [0.5, 0.6) is 5.75 Å². The molecule has 1 N–H and O–H groups in total. The molecule has 128 valence electrons. The van der Waals surface area contributed by atoms with Gasteiger partial charge in [-0.05, 0) is 23.8 Å². The fraction of sp³-hybridized carbons (Fsp3) is 0.222. The van der Waals surface area contributed by atoms with Crippen molar-refractivity contribution < 1.29 is 19.1 Å². The number of urea groups is 1. The molecule has 4 amide bonds. The molecule has 1 aromatic carbocycles. The van der Waals surface area contributed by atoms with Gasteiger partial charge in [-0.15, -0.1) is 0 Å². The molecule has 0 fully saturated rings. The summed E-state index contributed by atoms with van der Waals surface area (Å²) in [6.07, 6.45) is 6.73. The van der Waals surface area contributed by atoms with Crippen molar-refractivity contribution in [3.8, 4) is 5.75 Å². The Labute approximate surface area is 144 Å². The second kappa shape index (κ2) is 7.12. The summed E-state index contributed by atoms with van der Waals surface area (Å²) < 4.78 is 5.07. The number of imide groups is 1. The van der Waals surface area contributed by atoms with Gasteiger partial charge in [0.05, 0.1) is 18.7 Å². The number of nitrogens with one attached hydrogen (secondary N) is 1. The molecule has 7 nitrogen and oxygen atoms in total. The largest absolute Gasteiger partial charge is 0.497 e. The maximum Gasteiger partial charge on any atom is 0.351 e. The molecule has 1 aliphatic heterocycles. The number of amides is 4. The van der Waals surface area contributed by atoms with Crippen LogP contribution in [0.2, 0.25) is 0 Å². The van der Waals surface area contributed by atoms with Crippen molar-refractivity contribution in [2.24, 2.45) is 10.9 Å². The highest BCUT2D eigenvalue weighted by atomic mass is 16.5. The Morgan fingerprint density at radius 2 is 2.00 bits per heavy atom. The maximum absolute atomic E-state index is 12.4. The molecule has 0 radical (unpaired) electrons. The molecule has 1 heterocycles. The third-order valence-electron chi connectivity index (χ3n) is 3.94. The Bertz CT molecular complexity index is 793. The van der Waals surface area contributed by atoms with E-state index in [1.807, 2.05) is 12.1 Å². The lowest BCUT2D eigenvalue weighted by Crippen LogP contribution is -2.49. The highest BCUT2D eigenvalue weighted by Crippen LogP contribution is 2.19. The average Bonchev–Trinajstić information content (AvgIpc) is 2.64. The molecule has 0 spiro atoms. The van der Waals surface area contributed by atoms with E-state index < -0.39 is 23.8 Å². The molecule has 1 unspecified atom stereocenters. The molecule has 1 atom stereocenters. The normalized spacial score (nSPS) is 18.7. The Balaban J connectivity index is 1.59. The second-order valence-electron chi connectivity index (χ2n) is 5.59. The van der Waals surface area contributed by atoms with Gasteiger partial charge in [-0.2, -0.15) is 4.99 Å².